The fourth-order valence-corrected chi connectivity index (χ4v) is 1.22. The number of aromatic carboxylic acids is 1. The van der Waals surface area contributed by atoms with Gasteiger partial charge in [-0.1, -0.05) is 6.07 Å². The van der Waals surface area contributed by atoms with Gasteiger partial charge in [0.15, 0.2) is 0 Å². The number of carboxylic acid groups (broad SMARTS) is 1. The van der Waals surface area contributed by atoms with Crippen LogP contribution in [0.1, 0.15) is 21.5 Å². The minimum atomic E-state index is -1.14. The van der Waals surface area contributed by atoms with E-state index in [9.17, 15) is 9.18 Å². The van der Waals surface area contributed by atoms with Crippen LogP contribution >= 0.6 is 0 Å². The molecule has 1 aromatic carbocycles. The van der Waals surface area contributed by atoms with Crippen LogP contribution in [0.2, 0.25) is 0 Å². The van der Waals surface area contributed by atoms with Gasteiger partial charge >= 0.3 is 5.97 Å². The highest BCUT2D eigenvalue weighted by atomic mass is 19.1. The number of hydrogen-bond donors (Lipinski definition) is 1. The normalized spacial score (nSPS) is 10.2. The Bertz CT molecular complexity index is 361. The number of aryl methyl sites for hydroxylation is 1. The molecular weight excluding hydrogens is 187 g/mol. The van der Waals surface area contributed by atoms with Crippen LogP contribution in [0.3, 0.4) is 0 Å². The van der Waals surface area contributed by atoms with E-state index in [0.29, 0.717) is 5.56 Å². The lowest BCUT2D eigenvalue weighted by molar-refractivity contribution is 0.0690. The Balaban J connectivity index is 3.29. The fourth-order valence-electron chi connectivity index (χ4n) is 1.22. The summed E-state index contributed by atoms with van der Waals surface area (Å²) in [5.74, 6) is -1.65. The van der Waals surface area contributed by atoms with E-state index in [1.54, 1.807) is 6.92 Å². The highest BCUT2D eigenvalue weighted by molar-refractivity contribution is 5.89. The first-order valence-corrected chi connectivity index (χ1v) is 4.08. The van der Waals surface area contributed by atoms with Gasteiger partial charge in [0.05, 0.1) is 12.2 Å². The van der Waals surface area contributed by atoms with Gasteiger partial charge in [0.2, 0.25) is 0 Å². The average Bonchev–Trinajstić information content (AvgIpc) is 2.13. The third-order valence-corrected chi connectivity index (χ3v) is 1.96. The van der Waals surface area contributed by atoms with Crippen molar-refractivity contribution in [2.75, 3.05) is 7.11 Å². The van der Waals surface area contributed by atoms with Crippen molar-refractivity contribution in [3.05, 3.63) is 34.6 Å². The van der Waals surface area contributed by atoms with E-state index in [1.165, 1.54) is 19.2 Å². The second kappa shape index (κ2) is 4.19. The molecule has 0 bridgehead atoms. The van der Waals surface area contributed by atoms with E-state index in [0.717, 1.165) is 0 Å². The SMILES string of the molecule is COCc1c(C(=O)O)ccc(C)c1F. The summed E-state index contributed by atoms with van der Waals surface area (Å²) < 4.78 is 18.2. The molecule has 0 aliphatic rings. The zero-order valence-corrected chi connectivity index (χ0v) is 8.00. The molecule has 0 heterocycles. The molecule has 0 saturated heterocycles. The molecule has 1 N–H and O–H groups in total. The molecular formula is C10H11FO3. The molecule has 0 aliphatic heterocycles. The van der Waals surface area contributed by atoms with Crippen molar-refractivity contribution in [3.63, 3.8) is 0 Å². The Kier molecular flexibility index (Phi) is 3.19. The van der Waals surface area contributed by atoms with Gasteiger partial charge in [-0.3, -0.25) is 0 Å². The summed E-state index contributed by atoms with van der Waals surface area (Å²) in [5.41, 5.74) is 0.469. The average molecular weight is 198 g/mol. The van der Waals surface area contributed by atoms with Crippen LogP contribution in [0, 0.1) is 12.7 Å². The summed E-state index contributed by atoms with van der Waals surface area (Å²) in [6.07, 6.45) is 0. The van der Waals surface area contributed by atoms with Gasteiger partial charge in [0.25, 0.3) is 0 Å². The zero-order chi connectivity index (χ0) is 10.7. The molecule has 0 unspecified atom stereocenters. The highest BCUT2D eigenvalue weighted by Crippen LogP contribution is 2.18. The molecule has 0 aromatic heterocycles. The first-order valence-electron chi connectivity index (χ1n) is 4.08. The number of carboxylic acids is 1. The maximum Gasteiger partial charge on any atom is 0.336 e. The van der Waals surface area contributed by atoms with Gasteiger partial charge < -0.3 is 9.84 Å². The van der Waals surface area contributed by atoms with Crippen LogP contribution in [0.5, 0.6) is 0 Å². The first-order chi connectivity index (χ1) is 6.57. The number of hydrogen-bond acceptors (Lipinski definition) is 2. The molecule has 0 aliphatic carbocycles. The van der Waals surface area contributed by atoms with E-state index in [4.69, 9.17) is 9.84 Å². The maximum absolute atomic E-state index is 13.5. The molecule has 0 spiro atoms. The molecule has 0 fully saturated rings. The van der Waals surface area contributed by atoms with Crippen molar-refractivity contribution in [1.29, 1.82) is 0 Å². The number of halogens is 1. The second-order valence-electron chi connectivity index (χ2n) is 2.96. The van der Waals surface area contributed by atoms with Crippen molar-refractivity contribution < 1.29 is 19.0 Å². The molecule has 1 rings (SSSR count). The molecule has 0 saturated carbocycles. The van der Waals surface area contributed by atoms with Gasteiger partial charge in [-0.05, 0) is 18.6 Å². The summed E-state index contributed by atoms with van der Waals surface area (Å²) in [6.45, 7) is 1.55. The maximum atomic E-state index is 13.5. The molecule has 1 aromatic rings. The summed E-state index contributed by atoms with van der Waals surface area (Å²) >= 11 is 0. The van der Waals surface area contributed by atoms with Crippen LogP contribution in [0.15, 0.2) is 12.1 Å². The largest absolute Gasteiger partial charge is 0.478 e. The Morgan fingerprint density at radius 3 is 2.71 bits per heavy atom. The monoisotopic (exact) mass is 198 g/mol. The van der Waals surface area contributed by atoms with Gasteiger partial charge in [-0.25, -0.2) is 9.18 Å². The molecule has 0 atom stereocenters. The van der Waals surface area contributed by atoms with Crippen molar-refractivity contribution in [2.24, 2.45) is 0 Å². The molecule has 0 amide bonds. The fraction of sp³-hybridized carbons (Fsp3) is 0.300. The topological polar surface area (TPSA) is 46.5 Å². The number of carbonyl (C=O) groups is 1. The van der Waals surface area contributed by atoms with Crippen molar-refractivity contribution in [1.82, 2.24) is 0 Å². The standard InChI is InChI=1S/C10H11FO3/c1-6-3-4-7(10(12)13)8(5-14-2)9(6)11/h3-4H,5H2,1-2H3,(H,12,13). The van der Waals surface area contributed by atoms with Crippen LogP contribution in [0.25, 0.3) is 0 Å². The number of ether oxygens (including phenoxy) is 1. The van der Waals surface area contributed by atoms with Crippen LogP contribution in [-0.2, 0) is 11.3 Å². The number of benzene rings is 1. The van der Waals surface area contributed by atoms with E-state index >= 15 is 0 Å². The van der Waals surface area contributed by atoms with Gasteiger partial charge in [0, 0.05) is 12.7 Å². The van der Waals surface area contributed by atoms with Crippen LogP contribution < -0.4 is 0 Å². The van der Waals surface area contributed by atoms with E-state index in [1.807, 2.05) is 0 Å². The van der Waals surface area contributed by atoms with E-state index in [2.05, 4.69) is 0 Å². The first kappa shape index (κ1) is 10.7. The Morgan fingerprint density at radius 2 is 2.21 bits per heavy atom. The summed E-state index contributed by atoms with van der Waals surface area (Å²) in [4.78, 5) is 10.7. The second-order valence-corrected chi connectivity index (χ2v) is 2.96. The smallest absolute Gasteiger partial charge is 0.336 e. The third-order valence-electron chi connectivity index (χ3n) is 1.96. The summed E-state index contributed by atoms with van der Waals surface area (Å²) in [7, 11) is 1.40. The van der Waals surface area contributed by atoms with Gasteiger partial charge in [0.1, 0.15) is 5.82 Å². The number of methoxy groups -OCH3 is 1. The van der Waals surface area contributed by atoms with Crippen molar-refractivity contribution in [3.8, 4) is 0 Å². The number of rotatable bonds is 3. The predicted octanol–water partition coefficient (Wildman–Crippen LogP) is 1.98. The molecule has 76 valence electrons. The Labute approximate surface area is 81.1 Å². The lowest BCUT2D eigenvalue weighted by Gasteiger charge is -2.08. The minimum Gasteiger partial charge on any atom is -0.478 e. The molecule has 3 nitrogen and oxygen atoms in total. The third kappa shape index (κ3) is 1.90. The molecule has 0 radical (unpaired) electrons. The predicted molar refractivity (Wildman–Crippen MR) is 48.8 cm³/mol. The summed E-state index contributed by atoms with van der Waals surface area (Å²) in [6, 6.07) is 2.83. The lowest BCUT2D eigenvalue weighted by Crippen LogP contribution is -2.07. The molecule has 4 heteroatoms. The van der Waals surface area contributed by atoms with Crippen molar-refractivity contribution >= 4 is 5.97 Å². The lowest BCUT2D eigenvalue weighted by atomic mass is 10.0. The van der Waals surface area contributed by atoms with Crippen molar-refractivity contribution in [2.45, 2.75) is 13.5 Å². The summed E-state index contributed by atoms with van der Waals surface area (Å²) in [5, 5.41) is 8.79. The zero-order valence-electron chi connectivity index (χ0n) is 8.00. The minimum absolute atomic E-state index is 0.0326. The van der Waals surface area contributed by atoms with E-state index < -0.39 is 11.8 Å². The van der Waals surface area contributed by atoms with Gasteiger partial charge in [-0.2, -0.15) is 0 Å². The van der Waals surface area contributed by atoms with Gasteiger partial charge in [-0.15, -0.1) is 0 Å². The Hall–Kier alpha value is -1.42. The molecule has 14 heavy (non-hydrogen) atoms. The Morgan fingerprint density at radius 1 is 1.57 bits per heavy atom. The van der Waals surface area contributed by atoms with Crippen LogP contribution in [-0.4, -0.2) is 18.2 Å². The quantitative estimate of drug-likeness (QED) is 0.807. The van der Waals surface area contributed by atoms with Crippen LogP contribution in [0.4, 0.5) is 4.39 Å². The highest BCUT2D eigenvalue weighted by Gasteiger charge is 2.15. The van der Waals surface area contributed by atoms with E-state index in [-0.39, 0.29) is 17.7 Å².